The molecule has 0 unspecified atom stereocenters. The lowest BCUT2D eigenvalue weighted by Crippen LogP contribution is -2.47. The third-order valence-electron chi connectivity index (χ3n) is 4.61. The molecule has 2 bridgehead atoms. The maximum atomic E-state index is 12.8. The fourth-order valence-corrected chi connectivity index (χ4v) is 3.71. The van der Waals surface area contributed by atoms with Gasteiger partial charge in [-0.15, -0.1) is 0 Å². The van der Waals surface area contributed by atoms with Gasteiger partial charge in [0.1, 0.15) is 5.82 Å². The molecule has 2 atom stereocenters. The third-order valence-corrected chi connectivity index (χ3v) is 5.18. The number of aromatic nitrogens is 2. The van der Waals surface area contributed by atoms with Gasteiger partial charge >= 0.3 is 0 Å². The van der Waals surface area contributed by atoms with Crippen LogP contribution in [-0.2, 0) is 4.79 Å². The van der Waals surface area contributed by atoms with Gasteiger partial charge < -0.3 is 9.80 Å². The number of carbonyl (C=O) groups is 1. The molecule has 1 aromatic heterocycles. The van der Waals surface area contributed by atoms with E-state index in [0.717, 1.165) is 43.5 Å². The van der Waals surface area contributed by atoms with Gasteiger partial charge in [-0.1, -0.05) is 23.4 Å². The minimum absolute atomic E-state index is 0.0898. The second kappa shape index (κ2) is 6.91. The summed E-state index contributed by atoms with van der Waals surface area (Å²) in [5, 5.41) is 0.784. The molecular formula is C17H24N4OS. The fourth-order valence-electron chi connectivity index (χ4n) is 3.35. The number of nitrogens with zero attached hydrogens (tertiary/aromatic N) is 4. The summed E-state index contributed by atoms with van der Waals surface area (Å²) in [5.74, 6) is 1.34. The first kappa shape index (κ1) is 16.3. The molecule has 0 N–H and O–H groups in total. The van der Waals surface area contributed by atoms with E-state index in [2.05, 4.69) is 39.7 Å². The Morgan fingerprint density at radius 1 is 1.39 bits per heavy atom. The molecule has 3 aliphatic rings. The van der Waals surface area contributed by atoms with Gasteiger partial charge in [-0.25, -0.2) is 9.97 Å². The number of piperidine rings is 1. The molecule has 3 aliphatic heterocycles. The summed E-state index contributed by atoms with van der Waals surface area (Å²) in [7, 11) is 0. The van der Waals surface area contributed by atoms with Gasteiger partial charge in [0.05, 0.1) is 5.92 Å². The lowest BCUT2D eigenvalue weighted by Gasteiger charge is -2.35. The van der Waals surface area contributed by atoms with Gasteiger partial charge in [0.15, 0.2) is 5.16 Å². The highest BCUT2D eigenvalue weighted by molar-refractivity contribution is 7.98. The van der Waals surface area contributed by atoms with E-state index < -0.39 is 0 Å². The highest BCUT2D eigenvalue weighted by atomic mass is 32.2. The number of carbonyl (C=O) groups excluding carboxylic acids is 1. The standard InChI is InChI=1S/C17H24N4OS/c1-12(2)7-9-21-14-5-4-13(16(21)22)10-20(11-14)15-6-8-18-17(19-15)23-3/h6-8,13-14H,4-5,9-11H2,1-3H3/t13-,14+/m0/s1. The summed E-state index contributed by atoms with van der Waals surface area (Å²) >= 11 is 1.55. The first-order valence-corrected chi connectivity index (χ1v) is 9.36. The largest absolute Gasteiger partial charge is 0.354 e. The van der Waals surface area contributed by atoms with Crippen molar-refractivity contribution in [2.75, 3.05) is 30.8 Å². The Labute approximate surface area is 142 Å². The lowest BCUT2D eigenvalue weighted by molar-refractivity contribution is -0.139. The topological polar surface area (TPSA) is 49.3 Å². The molecule has 1 aromatic rings. The summed E-state index contributed by atoms with van der Waals surface area (Å²) in [6.07, 6.45) is 8.02. The summed E-state index contributed by atoms with van der Waals surface area (Å²) in [6, 6.07) is 2.24. The molecule has 0 radical (unpaired) electrons. The van der Waals surface area contributed by atoms with Gasteiger partial charge in [0.2, 0.25) is 5.91 Å². The SMILES string of the molecule is CSc1nccc(N2C[C@@H]3CC[C@H](C2)N(CC=C(C)C)C3=O)n1. The van der Waals surface area contributed by atoms with E-state index in [0.29, 0.717) is 5.91 Å². The zero-order valence-electron chi connectivity index (χ0n) is 14.0. The van der Waals surface area contributed by atoms with Crippen molar-refractivity contribution in [3.63, 3.8) is 0 Å². The molecule has 3 fully saturated rings. The Bertz CT molecular complexity index is 614. The number of thioether (sulfide) groups is 1. The van der Waals surface area contributed by atoms with Crippen molar-refractivity contribution in [2.24, 2.45) is 5.92 Å². The highest BCUT2D eigenvalue weighted by Gasteiger charge is 2.40. The molecule has 0 aromatic carbocycles. The first-order chi connectivity index (χ1) is 11.1. The van der Waals surface area contributed by atoms with Crippen LogP contribution in [0, 0.1) is 5.92 Å². The molecule has 3 saturated heterocycles. The van der Waals surface area contributed by atoms with Crippen molar-refractivity contribution < 1.29 is 4.79 Å². The number of hydrogen-bond donors (Lipinski definition) is 0. The van der Waals surface area contributed by atoms with Gasteiger partial charge in [-0.2, -0.15) is 0 Å². The molecule has 4 heterocycles. The average molecular weight is 332 g/mol. The Morgan fingerprint density at radius 3 is 2.96 bits per heavy atom. The number of allylic oxidation sites excluding steroid dienone is 1. The van der Waals surface area contributed by atoms with E-state index in [9.17, 15) is 4.79 Å². The summed E-state index contributed by atoms with van der Waals surface area (Å²) in [6.45, 7) is 6.53. The van der Waals surface area contributed by atoms with Crippen LogP contribution in [0.3, 0.4) is 0 Å². The third kappa shape index (κ3) is 3.52. The number of hydrogen-bond acceptors (Lipinski definition) is 5. The van der Waals surface area contributed by atoms with Crippen molar-refractivity contribution in [3.8, 4) is 0 Å². The van der Waals surface area contributed by atoms with Gasteiger partial charge in [0, 0.05) is 31.9 Å². The molecule has 0 aliphatic carbocycles. The highest BCUT2D eigenvalue weighted by Crippen LogP contribution is 2.31. The average Bonchev–Trinajstić information content (AvgIpc) is 2.84. The Kier molecular flexibility index (Phi) is 4.90. The van der Waals surface area contributed by atoms with Crippen LogP contribution in [0.1, 0.15) is 26.7 Å². The van der Waals surface area contributed by atoms with E-state index in [1.165, 1.54) is 5.57 Å². The number of amides is 1. The van der Waals surface area contributed by atoms with E-state index in [-0.39, 0.29) is 12.0 Å². The second-order valence-electron chi connectivity index (χ2n) is 6.51. The zero-order valence-corrected chi connectivity index (χ0v) is 14.8. The van der Waals surface area contributed by atoms with Gasteiger partial charge in [-0.05, 0) is 39.0 Å². The molecular weight excluding hydrogens is 308 g/mol. The van der Waals surface area contributed by atoms with Crippen LogP contribution < -0.4 is 4.90 Å². The zero-order chi connectivity index (χ0) is 16.4. The number of rotatable bonds is 4. The molecule has 4 rings (SSSR count). The van der Waals surface area contributed by atoms with Crippen molar-refractivity contribution in [1.29, 1.82) is 0 Å². The smallest absolute Gasteiger partial charge is 0.228 e. The molecule has 0 saturated carbocycles. The van der Waals surface area contributed by atoms with Crippen molar-refractivity contribution in [1.82, 2.24) is 14.9 Å². The maximum Gasteiger partial charge on any atom is 0.228 e. The maximum absolute atomic E-state index is 12.8. The number of anilines is 1. The Balaban J connectivity index is 1.82. The normalized spacial score (nSPS) is 23.9. The van der Waals surface area contributed by atoms with Gasteiger partial charge in [-0.3, -0.25) is 4.79 Å². The monoisotopic (exact) mass is 332 g/mol. The molecule has 124 valence electrons. The quantitative estimate of drug-likeness (QED) is 0.482. The molecule has 5 nitrogen and oxygen atoms in total. The molecule has 1 amide bonds. The van der Waals surface area contributed by atoms with Crippen LogP contribution >= 0.6 is 11.8 Å². The summed E-state index contributed by atoms with van der Waals surface area (Å²) in [5.41, 5.74) is 1.26. The number of fused-ring (bicyclic) bond motifs is 4. The van der Waals surface area contributed by atoms with Crippen LogP contribution in [-0.4, -0.2) is 52.7 Å². The van der Waals surface area contributed by atoms with Crippen molar-refractivity contribution in [3.05, 3.63) is 23.9 Å². The van der Waals surface area contributed by atoms with E-state index in [1.54, 1.807) is 11.8 Å². The summed E-state index contributed by atoms with van der Waals surface area (Å²) < 4.78 is 0. The Morgan fingerprint density at radius 2 is 2.22 bits per heavy atom. The van der Waals surface area contributed by atoms with Crippen LogP contribution in [0.25, 0.3) is 0 Å². The molecule has 6 heteroatoms. The first-order valence-electron chi connectivity index (χ1n) is 8.14. The van der Waals surface area contributed by atoms with E-state index >= 15 is 0 Å². The predicted octanol–water partition coefficient (Wildman–Crippen LogP) is 2.59. The van der Waals surface area contributed by atoms with Crippen LogP contribution in [0.5, 0.6) is 0 Å². The fraction of sp³-hybridized carbons (Fsp3) is 0.588. The lowest BCUT2D eigenvalue weighted by atomic mass is 9.94. The Hall–Kier alpha value is -1.56. The van der Waals surface area contributed by atoms with E-state index in [1.807, 2.05) is 18.5 Å². The molecule has 23 heavy (non-hydrogen) atoms. The van der Waals surface area contributed by atoms with Gasteiger partial charge in [0.25, 0.3) is 0 Å². The van der Waals surface area contributed by atoms with Crippen LogP contribution in [0.15, 0.2) is 29.1 Å². The summed E-state index contributed by atoms with van der Waals surface area (Å²) in [4.78, 5) is 26.0. The van der Waals surface area contributed by atoms with Crippen LogP contribution in [0.4, 0.5) is 5.82 Å². The van der Waals surface area contributed by atoms with Crippen molar-refractivity contribution >= 4 is 23.5 Å². The minimum atomic E-state index is 0.0898. The minimum Gasteiger partial charge on any atom is -0.354 e. The van der Waals surface area contributed by atoms with Crippen molar-refractivity contribution in [2.45, 2.75) is 37.9 Å². The second-order valence-corrected chi connectivity index (χ2v) is 7.28. The predicted molar refractivity (Wildman–Crippen MR) is 93.7 cm³/mol. The molecule has 0 spiro atoms. The van der Waals surface area contributed by atoms with Crippen LogP contribution in [0.2, 0.25) is 0 Å². The van der Waals surface area contributed by atoms with E-state index in [4.69, 9.17) is 0 Å².